The molecule has 1 aliphatic rings. The molecular formula is C12H21NO4. The maximum absolute atomic E-state index is 12.0. The van der Waals surface area contributed by atoms with E-state index >= 15 is 0 Å². The number of hydrogen-bond donors (Lipinski definition) is 0. The Morgan fingerprint density at radius 3 is 2.29 bits per heavy atom. The molecule has 1 amide bonds. The van der Waals surface area contributed by atoms with E-state index in [1.54, 1.807) is 20.8 Å². The molecule has 5 nitrogen and oxygen atoms in total. The van der Waals surface area contributed by atoms with Crippen molar-refractivity contribution in [3.05, 3.63) is 0 Å². The molecule has 17 heavy (non-hydrogen) atoms. The second-order valence-electron chi connectivity index (χ2n) is 5.35. The quantitative estimate of drug-likeness (QED) is 0.660. The molecule has 0 saturated carbocycles. The van der Waals surface area contributed by atoms with Gasteiger partial charge in [-0.25, -0.2) is 9.59 Å². The van der Waals surface area contributed by atoms with E-state index in [-0.39, 0.29) is 12.0 Å². The maximum Gasteiger partial charge on any atom is 0.411 e. The first kappa shape index (κ1) is 13.8. The summed E-state index contributed by atoms with van der Waals surface area (Å²) in [5, 5.41) is 0. The van der Waals surface area contributed by atoms with Gasteiger partial charge in [0, 0.05) is 6.04 Å². The van der Waals surface area contributed by atoms with E-state index in [2.05, 4.69) is 0 Å². The summed E-state index contributed by atoms with van der Waals surface area (Å²) in [6, 6.07) is -0.501. The van der Waals surface area contributed by atoms with Crippen LogP contribution in [0.15, 0.2) is 0 Å². The molecule has 0 aromatic rings. The van der Waals surface area contributed by atoms with Crippen molar-refractivity contribution in [2.75, 3.05) is 7.11 Å². The van der Waals surface area contributed by atoms with E-state index in [1.807, 2.05) is 6.92 Å². The van der Waals surface area contributed by atoms with Gasteiger partial charge in [-0.3, -0.25) is 4.90 Å². The van der Waals surface area contributed by atoms with Gasteiger partial charge in [0.1, 0.15) is 11.6 Å². The van der Waals surface area contributed by atoms with Crippen LogP contribution in [0.4, 0.5) is 4.79 Å². The molecule has 0 aromatic heterocycles. The zero-order valence-corrected chi connectivity index (χ0v) is 11.1. The Bertz CT molecular complexity index is 308. The molecule has 1 rings (SSSR count). The van der Waals surface area contributed by atoms with Crippen LogP contribution in [0.3, 0.4) is 0 Å². The fraction of sp³-hybridized carbons (Fsp3) is 0.833. The largest absolute Gasteiger partial charge is 0.467 e. The second kappa shape index (κ2) is 4.94. The molecule has 0 bridgehead atoms. The van der Waals surface area contributed by atoms with Gasteiger partial charge in [-0.05, 0) is 40.5 Å². The van der Waals surface area contributed by atoms with Crippen LogP contribution in [0.1, 0.15) is 40.5 Å². The second-order valence-corrected chi connectivity index (χ2v) is 5.35. The van der Waals surface area contributed by atoms with Gasteiger partial charge in [0.2, 0.25) is 0 Å². The van der Waals surface area contributed by atoms with Crippen molar-refractivity contribution in [1.29, 1.82) is 0 Å². The van der Waals surface area contributed by atoms with Crippen LogP contribution in [0.2, 0.25) is 0 Å². The van der Waals surface area contributed by atoms with Crippen molar-refractivity contribution in [1.82, 2.24) is 4.90 Å². The van der Waals surface area contributed by atoms with Crippen LogP contribution in [-0.2, 0) is 14.3 Å². The summed E-state index contributed by atoms with van der Waals surface area (Å²) in [7, 11) is 1.33. The first-order valence-corrected chi connectivity index (χ1v) is 5.85. The van der Waals surface area contributed by atoms with Gasteiger partial charge in [0.15, 0.2) is 0 Å². The van der Waals surface area contributed by atoms with E-state index in [0.717, 1.165) is 6.42 Å². The van der Waals surface area contributed by atoms with Gasteiger partial charge in [-0.2, -0.15) is 0 Å². The van der Waals surface area contributed by atoms with Crippen LogP contribution in [0.5, 0.6) is 0 Å². The lowest BCUT2D eigenvalue weighted by Crippen LogP contribution is -2.46. The van der Waals surface area contributed by atoms with Gasteiger partial charge in [0.25, 0.3) is 0 Å². The van der Waals surface area contributed by atoms with E-state index in [4.69, 9.17) is 9.47 Å². The predicted molar refractivity (Wildman–Crippen MR) is 62.6 cm³/mol. The Kier molecular flexibility index (Phi) is 4.01. The minimum atomic E-state index is -0.555. The Hall–Kier alpha value is -1.26. The first-order chi connectivity index (χ1) is 7.76. The molecule has 0 unspecified atom stereocenters. The van der Waals surface area contributed by atoms with Crippen LogP contribution in [-0.4, -0.2) is 41.8 Å². The number of rotatable bonds is 1. The van der Waals surface area contributed by atoms with Crippen LogP contribution in [0.25, 0.3) is 0 Å². The van der Waals surface area contributed by atoms with Crippen molar-refractivity contribution < 1.29 is 19.1 Å². The number of methoxy groups -OCH3 is 1. The van der Waals surface area contributed by atoms with Crippen LogP contribution in [0, 0.1) is 0 Å². The van der Waals surface area contributed by atoms with Crippen LogP contribution >= 0.6 is 0 Å². The number of likely N-dealkylation sites (tertiary alicyclic amines) is 1. The molecule has 0 spiro atoms. The fourth-order valence-corrected chi connectivity index (χ4v) is 1.97. The van der Waals surface area contributed by atoms with Crippen molar-refractivity contribution in [2.24, 2.45) is 0 Å². The molecule has 0 N–H and O–H groups in total. The Morgan fingerprint density at radius 1 is 1.24 bits per heavy atom. The molecule has 98 valence electrons. The third-order valence-corrected chi connectivity index (χ3v) is 2.75. The average molecular weight is 243 g/mol. The Morgan fingerprint density at radius 2 is 1.82 bits per heavy atom. The lowest BCUT2D eigenvalue weighted by atomic mass is 10.2. The number of esters is 1. The number of nitrogens with zero attached hydrogens (tertiary/aromatic N) is 1. The highest BCUT2D eigenvalue weighted by atomic mass is 16.6. The minimum Gasteiger partial charge on any atom is -0.467 e. The van der Waals surface area contributed by atoms with Crippen molar-refractivity contribution in [3.8, 4) is 0 Å². The highest BCUT2D eigenvalue weighted by molar-refractivity contribution is 5.82. The predicted octanol–water partition coefficient (Wildman–Crippen LogP) is 1.95. The highest BCUT2D eigenvalue weighted by Gasteiger charge is 2.41. The molecule has 2 atom stereocenters. The summed E-state index contributed by atoms with van der Waals surface area (Å²) in [5.41, 5.74) is -0.555. The summed E-state index contributed by atoms with van der Waals surface area (Å²) < 4.78 is 10.0. The highest BCUT2D eigenvalue weighted by Crippen LogP contribution is 2.26. The Balaban J connectivity index is 2.78. The lowest BCUT2D eigenvalue weighted by Gasteiger charge is -2.30. The standard InChI is InChI=1S/C12H21NO4/c1-8-6-7-9(10(14)16-5)13(8)11(15)17-12(2,3)4/h8-9H,6-7H2,1-5H3/t8-,9+/m0/s1. The summed E-state index contributed by atoms with van der Waals surface area (Å²) in [4.78, 5) is 25.0. The molecule has 1 fully saturated rings. The van der Waals surface area contributed by atoms with Crippen molar-refractivity contribution >= 4 is 12.1 Å². The van der Waals surface area contributed by atoms with Gasteiger partial charge in [-0.1, -0.05) is 0 Å². The summed E-state index contributed by atoms with van der Waals surface area (Å²) in [6.07, 6.45) is 0.976. The summed E-state index contributed by atoms with van der Waals surface area (Å²) in [5.74, 6) is -0.375. The average Bonchev–Trinajstić information content (AvgIpc) is 2.56. The molecular weight excluding hydrogens is 222 g/mol. The van der Waals surface area contributed by atoms with Crippen molar-refractivity contribution in [3.63, 3.8) is 0 Å². The molecule has 0 radical (unpaired) electrons. The topological polar surface area (TPSA) is 55.8 Å². The zero-order valence-electron chi connectivity index (χ0n) is 11.1. The van der Waals surface area contributed by atoms with Gasteiger partial charge >= 0.3 is 12.1 Å². The number of carbonyl (C=O) groups excluding carboxylic acids is 2. The van der Waals surface area contributed by atoms with E-state index in [0.29, 0.717) is 6.42 Å². The normalized spacial score (nSPS) is 24.6. The fourth-order valence-electron chi connectivity index (χ4n) is 1.97. The summed E-state index contributed by atoms with van der Waals surface area (Å²) in [6.45, 7) is 7.32. The molecule has 1 aliphatic heterocycles. The molecule has 0 aliphatic carbocycles. The molecule has 1 heterocycles. The SMILES string of the molecule is COC(=O)[C@H]1CC[C@H](C)N1C(=O)OC(C)(C)C. The van der Waals surface area contributed by atoms with E-state index in [1.165, 1.54) is 12.0 Å². The Labute approximate surface area is 102 Å². The maximum atomic E-state index is 12.0. The van der Waals surface area contributed by atoms with Crippen molar-refractivity contribution in [2.45, 2.75) is 58.2 Å². The number of amides is 1. The molecule has 1 saturated heterocycles. The summed E-state index contributed by atoms with van der Waals surface area (Å²) >= 11 is 0. The van der Waals surface area contributed by atoms with E-state index in [9.17, 15) is 9.59 Å². The number of carbonyl (C=O) groups is 2. The molecule has 5 heteroatoms. The third kappa shape index (κ3) is 3.35. The smallest absolute Gasteiger partial charge is 0.411 e. The lowest BCUT2D eigenvalue weighted by molar-refractivity contribution is -0.146. The minimum absolute atomic E-state index is 0.00829. The first-order valence-electron chi connectivity index (χ1n) is 5.85. The van der Waals surface area contributed by atoms with Crippen LogP contribution < -0.4 is 0 Å². The van der Waals surface area contributed by atoms with Gasteiger partial charge in [-0.15, -0.1) is 0 Å². The number of ether oxygens (including phenoxy) is 2. The zero-order chi connectivity index (χ0) is 13.2. The van der Waals surface area contributed by atoms with Gasteiger partial charge in [0.05, 0.1) is 7.11 Å². The van der Waals surface area contributed by atoms with E-state index < -0.39 is 17.7 Å². The third-order valence-electron chi connectivity index (χ3n) is 2.75. The van der Waals surface area contributed by atoms with Gasteiger partial charge < -0.3 is 9.47 Å². The molecule has 0 aromatic carbocycles. The number of hydrogen-bond acceptors (Lipinski definition) is 4. The monoisotopic (exact) mass is 243 g/mol.